The number of hydrogen-bond donors (Lipinski definition) is 1. The van der Waals surface area contributed by atoms with Gasteiger partial charge in [-0.2, -0.15) is 0 Å². The van der Waals surface area contributed by atoms with Crippen molar-refractivity contribution >= 4 is 0 Å². The highest BCUT2D eigenvalue weighted by Gasteiger charge is 2.17. The van der Waals surface area contributed by atoms with Gasteiger partial charge >= 0.3 is 0 Å². The quantitative estimate of drug-likeness (QED) is 0.650. The third kappa shape index (κ3) is 4.40. The van der Waals surface area contributed by atoms with Crippen LogP contribution >= 0.6 is 0 Å². The zero-order valence-corrected chi connectivity index (χ0v) is 9.59. The highest BCUT2D eigenvalue weighted by molar-refractivity contribution is 4.77. The van der Waals surface area contributed by atoms with Gasteiger partial charge in [-0.1, -0.05) is 6.92 Å². The number of hydrogen-bond acceptors (Lipinski definition) is 3. The SMILES string of the molecule is CCNC1CCCN(CCCOC)C1. The van der Waals surface area contributed by atoms with E-state index in [4.69, 9.17) is 4.74 Å². The molecule has 0 saturated carbocycles. The van der Waals surface area contributed by atoms with Crippen LogP contribution in [0, 0.1) is 0 Å². The Kier molecular flexibility index (Phi) is 6.15. The van der Waals surface area contributed by atoms with E-state index in [1.807, 2.05) is 0 Å². The van der Waals surface area contributed by atoms with Crippen LogP contribution in [0.3, 0.4) is 0 Å². The minimum atomic E-state index is 0.719. The fourth-order valence-corrected chi connectivity index (χ4v) is 2.15. The van der Waals surface area contributed by atoms with E-state index < -0.39 is 0 Å². The zero-order valence-electron chi connectivity index (χ0n) is 9.59. The van der Waals surface area contributed by atoms with Crippen molar-refractivity contribution in [1.29, 1.82) is 0 Å². The minimum absolute atomic E-state index is 0.719. The predicted molar refractivity (Wildman–Crippen MR) is 59.6 cm³/mol. The summed E-state index contributed by atoms with van der Waals surface area (Å²) in [6.07, 6.45) is 3.84. The number of piperidine rings is 1. The molecule has 3 nitrogen and oxygen atoms in total. The third-order valence-corrected chi connectivity index (χ3v) is 2.82. The molecular weight excluding hydrogens is 176 g/mol. The Hall–Kier alpha value is -0.120. The molecule has 0 aromatic carbocycles. The molecule has 14 heavy (non-hydrogen) atoms. The second-order valence-corrected chi connectivity index (χ2v) is 4.04. The third-order valence-electron chi connectivity index (χ3n) is 2.82. The molecule has 0 aromatic rings. The maximum Gasteiger partial charge on any atom is 0.0474 e. The lowest BCUT2D eigenvalue weighted by Gasteiger charge is -2.33. The van der Waals surface area contributed by atoms with E-state index in [1.165, 1.54) is 32.5 Å². The summed E-state index contributed by atoms with van der Waals surface area (Å²) in [7, 11) is 1.78. The molecule has 1 N–H and O–H groups in total. The molecular formula is C11H24N2O. The van der Waals surface area contributed by atoms with Gasteiger partial charge < -0.3 is 15.0 Å². The zero-order chi connectivity index (χ0) is 10.2. The monoisotopic (exact) mass is 200 g/mol. The maximum atomic E-state index is 5.06. The smallest absolute Gasteiger partial charge is 0.0474 e. The minimum Gasteiger partial charge on any atom is -0.385 e. The Morgan fingerprint density at radius 3 is 3.07 bits per heavy atom. The lowest BCUT2D eigenvalue weighted by atomic mass is 10.1. The van der Waals surface area contributed by atoms with Gasteiger partial charge in [0.25, 0.3) is 0 Å². The number of rotatable bonds is 6. The van der Waals surface area contributed by atoms with Crippen LogP contribution in [-0.4, -0.2) is 50.8 Å². The van der Waals surface area contributed by atoms with Crippen LogP contribution in [0.25, 0.3) is 0 Å². The lowest BCUT2D eigenvalue weighted by molar-refractivity contribution is 0.150. The van der Waals surface area contributed by atoms with Crippen molar-refractivity contribution in [1.82, 2.24) is 10.2 Å². The Labute approximate surface area is 87.8 Å². The maximum absolute atomic E-state index is 5.06. The van der Waals surface area contributed by atoms with Gasteiger partial charge in [-0.05, 0) is 32.4 Å². The standard InChI is InChI=1S/C11H24N2O/c1-3-12-11-6-4-7-13(10-11)8-5-9-14-2/h11-12H,3-10H2,1-2H3. The molecule has 0 amide bonds. The Bertz CT molecular complexity index is 139. The van der Waals surface area contributed by atoms with Crippen LogP contribution in [0.1, 0.15) is 26.2 Å². The normalized spacial score (nSPS) is 24.0. The van der Waals surface area contributed by atoms with E-state index in [9.17, 15) is 0 Å². The van der Waals surface area contributed by atoms with Gasteiger partial charge in [0.2, 0.25) is 0 Å². The number of likely N-dealkylation sites (N-methyl/N-ethyl adjacent to an activating group) is 1. The lowest BCUT2D eigenvalue weighted by Crippen LogP contribution is -2.45. The first-order chi connectivity index (χ1) is 6.86. The summed E-state index contributed by atoms with van der Waals surface area (Å²) >= 11 is 0. The van der Waals surface area contributed by atoms with E-state index in [-0.39, 0.29) is 0 Å². The molecule has 1 aliphatic heterocycles. The summed E-state index contributed by atoms with van der Waals surface area (Å²) in [4.78, 5) is 2.55. The van der Waals surface area contributed by atoms with Crippen molar-refractivity contribution in [2.24, 2.45) is 0 Å². The molecule has 0 radical (unpaired) electrons. The molecule has 1 aliphatic rings. The van der Waals surface area contributed by atoms with Crippen molar-refractivity contribution in [2.75, 3.05) is 39.9 Å². The van der Waals surface area contributed by atoms with E-state index in [0.29, 0.717) is 0 Å². The summed E-state index contributed by atoms with van der Waals surface area (Å²) in [5.41, 5.74) is 0. The van der Waals surface area contributed by atoms with Gasteiger partial charge in [0.05, 0.1) is 0 Å². The number of methoxy groups -OCH3 is 1. The number of nitrogens with one attached hydrogen (secondary N) is 1. The largest absolute Gasteiger partial charge is 0.385 e. The average molecular weight is 200 g/mol. The average Bonchev–Trinajstić information content (AvgIpc) is 2.19. The fourth-order valence-electron chi connectivity index (χ4n) is 2.15. The molecule has 1 unspecified atom stereocenters. The Morgan fingerprint density at radius 1 is 1.50 bits per heavy atom. The molecule has 0 aromatic heterocycles. The van der Waals surface area contributed by atoms with Gasteiger partial charge in [-0.15, -0.1) is 0 Å². The summed E-state index contributed by atoms with van der Waals surface area (Å²) in [6, 6.07) is 0.719. The molecule has 1 atom stereocenters. The first-order valence-corrected chi connectivity index (χ1v) is 5.81. The van der Waals surface area contributed by atoms with E-state index in [1.54, 1.807) is 7.11 Å². The van der Waals surface area contributed by atoms with Crippen molar-refractivity contribution in [3.63, 3.8) is 0 Å². The van der Waals surface area contributed by atoms with Crippen molar-refractivity contribution in [2.45, 2.75) is 32.2 Å². The molecule has 1 saturated heterocycles. The number of ether oxygens (including phenoxy) is 1. The van der Waals surface area contributed by atoms with Crippen molar-refractivity contribution in [3.05, 3.63) is 0 Å². The molecule has 1 fully saturated rings. The van der Waals surface area contributed by atoms with Crippen LogP contribution in [-0.2, 0) is 4.74 Å². The number of likely N-dealkylation sites (tertiary alicyclic amines) is 1. The highest BCUT2D eigenvalue weighted by Crippen LogP contribution is 2.09. The van der Waals surface area contributed by atoms with Gasteiger partial charge in [0.15, 0.2) is 0 Å². The molecule has 1 heterocycles. The first kappa shape index (κ1) is 12.0. The molecule has 1 rings (SSSR count). The fraction of sp³-hybridized carbons (Fsp3) is 1.00. The van der Waals surface area contributed by atoms with Gasteiger partial charge in [0, 0.05) is 32.8 Å². The summed E-state index contributed by atoms with van der Waals surface area (Å²) in [6.45, 7) is 7.85. The molecule has 0 bridgehead atoms. The summed E-state index contributed by atoms with van der Waals surface area (Å²) < 4.78 is 5.06. The predicted octanol–water partition coefficient (Wildman–Crippen LogP) is 1.10. The summed E-state index contributed by atoms with van der Waals surface area (Å²) in [5, 5.41) is 3.53. The second kappa shape index (κ2) is 7.21. The Balaban J connectivity index is 2.12. The van der Waals surface area contributed by atoms with E-state index in [0.717, 1.165) is 25.6 Å². The van der Waals surface area contributed by atoms with E-state index >= 15 is 0 Å². The molecule has 0 spiro atoms. The van der Waals surface area contributed by atoms with Gasteiger partial charge in [0.1, 0.15) is 0 Å². The van der Waals surface area contributed by atoms with Crippen molar-refractivity contribution in [3.8, 4) is 0 Å². The van der Waals surface area contributed by atoms with Gasteiger partial charge in [-0.3, -0.25) is 0 Å². The van der Waals surface area contributed by atoms with Crippen LogP contribution in [0.2, 0.25) is 0 Å². The van der Waals surface area contributed by atoms with Crippen LogP contribution in [0.4, 0.5) is 0 Å². The topological polar surface area (TPSA) is 24.5 Å². The highest BCUT2D eigenvalue weighted by atomic mass is 16.5. The molecule has 0 aliphatic carbocycles. The Morgan fingerprint density at radius 2 is 2.36 bits per heavy atom. The van der Waals surface area contributed by atoms with Crippen LogP contribution < -0.4 is 5.32 Å². The summed E-state index contributed by atoms with van der Waals surface area (Å²) in [5.74, 6) is 0. The molecule has 84 valence electrons. The van der Waals surface area contributed by atoms with Crippen LogP contribution in [0.15, 0.2) is 0 Å². The van der Waals surface area contributed by atoms with Gasteiger partial charge in [-0.25, -0.2) is 0 Å². The van der Waals surface area contributed by atoms with Crippen molar-refractivity contribution < 1.29 is 4.74 Å². The first-order valence-electron chi connectivity index (χ1n) is 5.81. The van der Waals surface area contributed by atoms with Crippen LogP contribution in [0.5, 0.6) is 0 Å². The second-order valence-electron chi connectivity index (χ2n) is 4.04. The molecule has 3 heteroatoms. The number of nitrogens with zero attached hydrogens (tertiary/aromatic N) is 1. The van der Waals surface area contributed by atoms with E-state index in [2.05, 4.69) is 17.1 Å².